The molecule has 1 saturated heterocycles. The second-order valence-electron chi connectivity index (χ2n) is 5.77. The largest absolute Gasteiger partial charge is 0.338 e. The van der Waals surface area contributed by atoms with Gasteiger partial charge in [-0.25, -0.2) is 4.39 Å². The summed E-state index contributed by atoms with van der Waals surface area (Å²) >= 11 is 1.63. The summed E-state index contributed by atoms with van der Waals surface area (Å²) in [7, 11) is 0. The van der Waals surface area contributed by atoms with E-state index in [-0.39, 0.29) is 22.7 Å². The minimum atomic E-state index is -0.511. The predicted molar refractivity (Wildman–Crippen MR) is 95.2 cm³/mol. The third-order valence-electron chi connectivity index (χ3n) is 4.18. The first-order chi connectivity index (χ1) is 12.1. The van der Waals surface area contributed by atoms with Crippen LogP contribution in [0, 0.1) is 15.9 Å². The number of non-ortho nitro benzene ring substituents is 1. The Morgan fingerprint density at radius 2 is 2.00 bits per heavy atom. The normalized spacial score (nSPS) is 17.8. The van der Waals surface area contributed by atoms with E-state index in [1.54, 1.807) is 34.9 Å². The lowest BCUT2D eigenvalue weighted by molar-refractivity contribution is -0.384. The molecule has 1 amide bonds. The van der Waals surface area contributed by atoms with Crippen LogP contribution in [0.5, 0.6) is 0 Å². The Hall–Kier alpha value is -2.41. The topological polar surface area (TPSA) is 63.4 Å². The number of nitro benzene ring substituents is 1. The number of carbonyl (C=O) groups excluding carboxylic acids is 1. The third kappa shape index (κ3) is 3.99. The van der Waals surface area contributed by atoms with Crippen molar-refractivity contribution in [1.82, 2.24) is 4.90 Å². The van der Waals surface area contributed by atoms with Gasteiger partial charge in [-0.05, 0) is 18.6 Å². The second kappa shape index (κ2) is 7.65. The molecular weight excluding hydrogens is 343 g/mol. The molecule has 5 nitrogen and oxygen atoms in total. The first kappa shape index (κ1) is 17.4. The van der Waals surface area contributed by atoms with Crippen LogP contribution in [-0.2, 0) is 0 Å². The molecule has 0 radical (unpaired) electrons. The van der Waals surface area contributed by atoms with Gasteiger partial charge in [-0.15, -0.1) is 0 Å². The third-order valence-corrected chi connectivity index (χ3v) is 5.49. The molecule has 3 rings (SSSR count). The van der Waals surface area contributed by atoms with E-state index in [1.807, 2.05) is 6.07 Å². The SMILES string of the molecule is O=C(c1cccc([N+](=O)[O-])c1)N1CCSC(c2ccccc2F)CC1. The van der Waals surface area contributed by atoms with E-state index in [0.29, 0.717) is 36.4 Å². The molecule has 1 unspecified atom stereocenters. The van der Waals surface area contributed by atoms with Crippen LogP contribution in [0.1, 0.15) is 27.6 Å². The van der Waals surface area contributed by atoms with E-state index in [1.165, 1.54) is 24.3 Å². The van der Waals surface area contributed by atoms with Gasteiger partial charge in [0.05, 0.1) is 4.92 Å². The molecule has 2 aromatic carbocycles. The Morgan fingerprint density at radius 3 is 2.76 bits per heavy atom. The summed E-state index contributed by atoms with van der Waals surface area (Å²) in [5.41, 5.74) is 0.875. The van der Waals surface area contributed by atoms with Crippen molar-refractivity contribution in [2.24, 2.45) is 0 Å². The van der Waals surface area contributed by atoms with Crippen molar-refractivity contribution in [3.05, 3.63) is 75.6 Å². The Balaban J connectivity index is 1.73. The van der Waals surface area contributed by atoms with Gasteiger partial charge in [0.25, 0.3) is 11.6 Å². The summed E-state index contributed by atoms with van der Waals surface area (Å²) in [6, 6.07) is 12.5. The molecule has 0 aromatic heterocycles. The maximum absolute atomic E-state index is 14.0. The molecule has 1 atom stereocenters. The maximum atomic E-state index is 14.0. The fraction of sp³-hybridized carbons (Fsp3) is 0.278. The molecule has 0 N–H and O–H groups in total. The monoisotopic (exact) mass is 360 g/mol. The van der Waals surface area contributed by atoms with Gasteiger partial charge >= 0.3 is 0 Å². The molecule has 1 aliphatic rings. The van der Waals surface area contributed by atoms with Gasteiger partial charge in [0, 0.05) is 47.4 Å². The van der Waals surface area contributed by atoms with Crippen molar-refractivity contribution in [1.29, 1.82) is 0 Å². The molecule has 1 heterocycles. The van der Waals surface area contributed by atoms with Gasteiger partial charge in [0.15, 0.2) is 0 Å². The molecule has 0 spiro atoms. The van der Waals surface area contributed by atoms with E-state index in [2.05, 4.69) is 0 Å². The Bertz CT molecular complexity index is 799. The Morgan fingerprint density at radius 1 is 1.20 bits per heavy atom. The van der Waals surface area contributed by atoms with Gasteiger partial charge in [0.2, 0.25) is 0 Å². The highest BCUT2D eigenvalue weighted by molar-refractivity contribution is 7.99. The Labute approximate surface area is 149 Å². The fourth-order valence-corrected chi connectivity index (χ4v) is 4.15. The fourth-order valence-electron chi connectivity index (χ4n) is 2.89. The predicted octanol–water partition coefficient (Wildman–Crippen LogP) is 4.05. The Kier molecular flexibility index (Phi) is 5.33. The highest BCUT2D eigenvalue weighted by Crippen LogP contribution is 2.35. The first-order valence-electron chi connectivity index (χ1n) is 7.96. The van der Waals surface area contributed by atoms with Gasteiger partial charge in [-0.2, -0.15) is 11.8 Å². The van der Waals surface area contributed by atoms with Gasteiger partial charge in [-0.3, -0.25) is 14.9 Å². The smallest absolute Gasteiger partial charge is 0.270 e. The quantitative estimate of drug-likeness (QED) is 0.612. The highest BCUT2D eigenvalue weighted by atomic mass is 32.2. The van der Waals surface area contributed by atoms with Gasteiger partial charge < -0.3 is 4.90 Å². The second-order valence-corrected chi connectivity index (χ2v) is 7.08. The number of amides is 1. The molecule has 0 bridgehead atoms. The number of rotatable bonds is 3. The van der Waals surface area contributed by atoms with Crippen molar-refractivity contribution in [3.8, 4) is 0 Å². The number of benzene rings is 2. The minimum Gasteiger partial charge on any atom is -0.338 e. The molecule has 1 aliphatic heterocycles. The van der Waals surface area contributed by atoms with Crippen LogP contribution in [0.2, 0.25) is 0 Å². The summed E-state index contributed by atoms with van der Waals surface area (Å²) in [5.74, 6) is 0.247. The van der Waals surface area contributed by atoms with Crippen LogP contribution in [-0.4, -0.2) is 34.6 Å². The molecule has 0 saturated carbocycles. The molecule has 130 valence electrons. The number of halogens is 1. The van der Waals surface area contributed by atoms with Crippen molar-refractivity contribution < 1.29 is 14.1 Å². The molecule has 25 heavy (non-hydrogen) atoms. The average molecular weight is 360 g/mol. The van der Waals surface area contributed by atoms with Crippen molar-refractivity contribution in [3.63, 3.8) is 0 Å². The molecule has 1 fully saturated rings. The lowest BCUT2D eigenvalue weighted by Gasteiger charge is -2.20. The molecular formula is C18H17FN2O3S. The van der Waals surface area contributed by atoms with Crippen LogP contribution < -0.4 is 0 Å². The lowest BCUT2D eigenvalue weighted by atomic mass is 10.1. The average Bonchev–Trinajstić information content (AvgIpc) is 2.87. The lowest BCUT2D eigenvalue weighted by Crippen LogP contribution is -2.33. The molecule has 7 heteroatoms. The van der Waals surface area contributed by atoms with Crippen molar-refractivity contribution >= 4 is 23.4 Å². The number of thioether (sulfide) groups is 1. The van der Waals surface area contributed by atoms with E-state index in [9.17, 15) is 19.3 Å². The van der Waals surface area contributed by atoms with Crippen LogP contribution in [0.4, 0.5) is 10.1 Å². The highest BCUT2D eigenvalue weighted by Gasteiger charge is 2.25. The van der Waals surface area contributed by atoms with Crippen LogP contribution >= 0.6 is 11.8 Å². The zero-order valence-electron chi connectivity index (χ0n) is 13.4. The van der Waals surface area contributed by atoms with Crippen LogP contribution in [0.25, 0.3) is 0 Å². The van der Waals surface area contributed by atoms with E-state index in [0.717, 1.165) is 0 Å². The van der Waals surface area contributed by atoms with E-state index >= 15 is 0 Å². The summed E-state index contributed by atoms with van der Waals surface area (Å²) in [6.45, 7) is 1.03. The zero-order valence-corrected chi connectivity index (χ0v) is 14.2. The standard InChI is InChI=1S/C18H17FN2O3S/c19-16-7-2-1-6-15(16)17-8-9-20(10-11-25-17)18(22)13-4-3-5-14(12-13)21(23)24/h1-7,12,17H,8-11H2. The minimum absolute atomic E-state index is 0.00381. The number of nitrogens with zero attached hydrogens (tertiary/aromatic N) is 2. The summed E-state index contributed by atoms with van der Waals surface area (Å²) in [6.07, 6.45) is 0.645. The maximum Gasteiger partial charge on any atom is 0.270 e. The number of carbonyl (C=O) groups is 1. The first-order valence-corrected chi connectivity index (χ1v) is 9.01. The van der Waals surface area contributed by atoms with Gasteiger partial charge in [-0.1, -0.05) is 24.3 Å². The summed E-state index contributed by atoms with van der Waals surface area (Å²) in [4.78, 5) is 24.7. The van der Waals surface area contributed by atoms with Crippen molar-refractivity contribution in [2.45, 2.75) is 11.7 Å². The summed E-state index contributed by atoms with van der Waals surface area (Å²) < 4.78 is 14.0. The van der Waals surface area contributed by atoms with Crippen LogP contribution in [0.15, 0.2) is 48.5 Å². The van der Waals surface area contributed by atoms with Crippen LogP contribution in [0.3, 0.4) is 0 Å². The van der Waals surface area contributed by atoms with E-state index < -0.39 is 4.92 Å². The molecule has 0 aliphatic carbocycles. The summed E-state index contributed by atoms with van der Waals surface area (Å²) in [5, 5.41) is 10.9. The van der Waals surface area contributed by atoms with E-state index in [4.69, 9.17) is 0 Å². The van der Waals surface area contributed by atoms with Gasteiger partial charge in [0.1, 0.15) is 5.82 Å². The number of nitro groups is 1. The zero-order chi connectivity index (χ0) is 17.8. The number of hydrogen-bond acceptors (Lipinski definition) is 4. The molecule has 2 aromatic rings. The number of hydrogen-bond donors (Lipinski definition) is 0. The van der Waals surface area contributed by atoms with Crippen molar-refractivity contribution in [2.75, 3.05) is 18.8 Å².